The maximum Gasteiger partial charge on any atom is 0.309 e. The Bertz CT molecular complexity index is 701. The van der Waals surface area contributed by atoms with Crippen LogP contribution in [-0.2, 0) is 16.0 Å². The van der Waals surface area contributed by atoms with Gasteiger partial charge in [0.2, 0.25) is 0 Å². The van der Waals surface area contributed by atoms with Crippen molar-refractivity contribution in [3.63, 3.8) is 0 Å². The van der Waals surface area contributed by atoms with Crippen molar-refractivity contribution >= 4 is 11.5 Å². The number of esters is 1. The molecule has 26 heavy (non-hydrogen) atoms. The van der Waals surface area contributed by atoms with E-state index in [2.05, 4.69) is 46.1 Å². The Kier molecular flexibility index (Phi) is 7.62. The number of allylic oxidation sites excluding steroid dienone is 4. The number of carbonyl (C=O) groups is 1. The normalized spacial score (nSPS) is 15.3. The minimum absolute atomic E-state index is 0.101. The van der Waals surface area contributed by atoms with Gasteiger partial charge in [-0.25, -0.2) is 0 Å². The zero-order chi connectivity index (χ0) is 20.1. The molecule has 0 N–H and O–H groups in total. The first-order valence-electron chi connectivity index (χ1n) is 9.50. The molecule has 1 aliphatic rings. The number of benzene rings is 1. The summed E-state index contributed by atoms with van der Waals surface area (Å²) in [7, 11) is 0. The lowest BCUT2D eigenvalue weighted by Crippen LogP contribution is -2.28. The van der Waals surface area contributed by atoms with E-state index >= 15 is 0 Å². The zero-order valence-electron chi connectivity index (χ0n) is 17.5. The summed E-state index contributed by atoms with van der Waals surface area (Å²) in [5, 5.41) is 0. The number of hydrogen-bond acceptors (Lipinski definition) is 2. The summed E-state index contributed by atoms with van der Waals surface area (Å²) < 4.78 is 5.70. The predicted molar refractivity (Wildman–Crippen MR) is 112 cm³/mol. The largest absolute Gasteiger partial charge is 0.458 e. The lowest BCUT2D eigenvalue weighted by atomic mass is 9.82. The average molecular weight is 355 g/mol. The molecule has 0 fully saturated rings. The average Bonchev–Trinajstić information content (AvgIpc) is 2.98. The van der Waals surface area contributed by atoms with E-state index in [1.165, 1.54) is 16.7 Å². The van der Waals surface area contributed by atoms with Crippen molar-refractivity contribution in [3.05, 3.63) is 65.8 Å². The van der Waals surface area contributed by atoms with Gasteiger partial charge in [0.25, 0.3) is 0 Å². The van der Waals surface area contributed by atoms with Crippen molar-refractivity contribution in [3.8, 4) is 0 Å². The molecular weight excluding hydrogens is 320 g/mol. The van der Waals surface area contributed by atoms with E-state index in [-0.39, 0.29) is 23.4 Å². The van der Waals surface area contributed by atoms with Crippen LogP contribution in [0.3, 0.4) is 0 Å². The monoisotopic (exact) mass is 354 g/mol. The van der Waals surface area contributed by atoms with Gasteiger partial charge in [0.05, 0.1) is 5.92 Å². The number of rotatable bonds is 5. The quantitative estimate of drug-likeness (QED) is 0.551. The van der Waals surface area contributed by atoms with Gasteiger partial charge in [0.1, 0.15) is 6.10 Å². The Balaban J connectivity index is 0.00000163. The third kappa shape index (κ3) is 4.75. The maximum absolute atomic E-state index is 12.3. The summed E-state index contributed by atoms with van der Waals surface area (Å²) in [4.78, 5) is 12.3. The summed E-state index contributed by atoms with van der Waals surface area (Å²) in [5.41, 5.74) is 5.71. The van der Waals surface area contributed by atoms with Crippen LogP contribution in [0.25, 0.3) is 5.57 Å². The summed E-state index contributed by atoms with van der Waals surface area (Å²) >= 11 is 0. The molecule has 2 heteroatoms. The van der Waals surface area contributed by atoms with E-state index in [9.17, 15) is 4.79 Å². The van der Waals surface area contributed by atoms with Crippen molar-refractivity contribution < 1.29 is 9.53 Å². The Morgan fingerprint density at radius 2 is 1.77 bits per heavy atom. The number of carbonyl (C=O) groups excluding carboxylic acids is 1. The fraction of sp³-hybridized carbons (Fsp3) is 0.458. The van der Waals surface area contributed by atoms with Gasteiger partial charge in [-0.15, -0.1) is 0 Å². The van der Waals surface area contributed by atoms with Gasteiger partial charge in [0, 0.05) is 0 Å². The van der Waals surface area contributed by atoms with Crippen LogP contribution in [0.2, 0.25) is 0 Å². The first-order valence-corrected chi connectivity index (χ1v) is 9.50. The van der Waals surface area contributed by atoms with Gasteiger partial charge in [-0.05, 0) is 46.6 Å². The molecular formula is C24H34O2. The number of ether oxygens (including phenoxy) is 1. The van der Waals surface area contributed by atoms with Crippen molar-refractivity contribution in [1.29, 1.82) is 0 Å². The van der Waals surface area contributed by atoms with E-state index in [4.69, 9.17) is 4.74 Å². The van der Waals surface area contributed by atoms with Crippen LogP contribution in [0, 0.1) is 11.3 Å². The van der Waals surface area contributed by atoms with Gasteiger partial charge in [0.15, 0.2) is 0 Å². The van der Waals surface area contributed by atoms with Crippen LogP contribution >= 0.6 is 0 Å². The Morgan fingerprint density at radius 3 is 2.27 bits per heavy atom. The van der Waals surface area contributed by atoms with E-state index in [1.54, 1.807) is 0 Å². The molecule has 0 aliphatic heterocycles. The van der Waals surface area contributed by atoms with Crippen LogP contribution in [0.1, 0.15) is 71.3 Å². The van der Waals surface area contributed by atoms with Gasteiger partial charge in [-0.2, -0.15) is 0 Å². The summed E-state index contributed by atoms with van der Waals surface area (Å²) in [6.07, 6.45) is 4.38. The zero-order valence-corrected chi connectivity index (χ0v) is 17.5. The SMILES string of the molecule is C=CC1=C(C=C)c2ccc(C(C)OC(=O)C(C)C(C)(C)C)cc2C1.CC. The molecule has 1 aliphatic carbocycles. The molecule has 2 nitrogen and oxygen atoms in total. The number of fused-ring (bicyclic) bond motifs is 1. The van der Waals surface area contributed by atoms with E-state index in [0.717, 1.165) is 17.6 Å². The molecule has 0 radical (unpaired) electrons. The van der Waals surface area contributed by atoms with Crippen LogP contribution in [0.15, 0.2) is 49.1 Å². The lowest BCUT2D eigenvalue weighted by molar-refractivity contribution is -0.156. The van der Waals surface area contributed by atoms with Crippen molar-refractivity contribution in [1.82, 2.24) is 0 Å². The highest BCUT2D eigenvalue weighted by Crippen LogP contribution is 2.36. The minimum Gasteiger partial charge on any atom is -0.458 e. The third-order valence-corrected chi connectivity index (χ3v) is 5.01. The molecule has 0 heterocycles. The molecule has 1 aromatic rings. The van der Waals surface area contributed by atoms with Crippen molar-refractivity contribution in [2.75, 3.05) is 0 Å². The molecule has 2 unspecified atom stereocenters. The molecule has 0 aromatic heterocycles. The lowest BCUT2D eigenvalue weighted by Gasteiger charge is -2.27. The van der Waals surface area contributed by atoms with E-state index < -0.39 is 0 Å². The van der Waals surface area contributed by atoms with Crippen LogP contribution in [-0.4, -0.2) is 5.97 Å². The van der Waals surface area contributed by atoms with Crippen LogP contribution in [0.4, 0.5) is 0 Å². The van der Waals surface area contributed by atoms with Crippen molar-refractivity contribution in [2.24, 2.45) is 11.3 Å². The second-order valence-corrected chi connectivity index (χ2v) is 7.61. The standard InChI is InChI=1S/C22H28O2.C2H6/c1-8-16-12-18-13-17(10-11-20(18)19(16)9-2)15(4)24-21(23)14(3)22(5,6)7;1-2/h8-11,13-15H,1-2,12H2,3-7H3;1-2H3. The highest BCUT2D eigenvalue weighted by molar-refractivity contribution is 5.84. The second-order valence-electron chi connectivity index (χ2n) is 7.61. The van der Waals surface area contributed by atoms with Gasteiger partial charge < -0.3 is 4.74 Å². The highest BCUT2D eigenvalue weighted by Gasteiger charge is 2.29. The maximum atomic E-state index is 12.3. The van der Waals surface area contributed by atoms with Gasteiger partial charge in [-0.1, -0.05) is 85.1 Å². The summed E-state index contributed by atoms with van der Waals surface area (Å²) in [5.74, 6) is -0.289. The highest BCUT2D eigenvalue weighted by atomic mass is 16.5. The molecule has 0 bridgehead atoms. The predicted octanol–water partition coefficient (Wildman–Crippen LogP) is 6.68. The fourth-order valence-electron chi connectivity index (χ4n) is 2.87. The molecule has 2 atom stereocenters. The topological polar surface area (TPSA) is 26.3 Å². The Labute approximate surface area is 159 Å². The first-order chi connectivity index (χ1) is 12.2. The molecule has 0 amide bonds. The minimum atomic E-state index is -0.257. The van der Waals surface area contributed by atoms with Crippen LogP contribution in [0.5, 0.6) is 0 Å². The van der Waals surface area contributed by atoms with E-state index in [0.29, 0.717) is 0 Å². The molecule has 0 saturated carbocycles. The van der Waals surface area contributed by atoms with Crippen LogP contribution < -0.4 is 0 Å². The van der Waals surface area contributed by atoms with Gasteiger partial charge in [-0.3, -0.25) is 4.79 Å². The van der Waals surface area contributed by atoms with Gasteiger partial charge >= 0.3 is 5.97 Å². The smallest absolute Gasteiger partial charge is 0.309 e. The Hall–Kier alpha value is -2.09. The summed E-state index contributed by atoms with van der Waals surface area (Å²) in [6.45, 7) is 21.8. The first kappa shape index (κ1) is 22.0. The molecule has 0 spiro atoms. The summed E-state index contributed by atoms with van der Waals surface area (Å²) in [6, 6.07) is 6.26. The number of hydrogen-bond donors (Lipinski definition) is 0. The molecule has 2 rings (SSSR count). The fourth-order valence-corrected chi connectivity index (χ4v) is 2.87. The second kappa shape index (κ2) is 9.02. The Morgan fingerprint density at radius 1 is 1.15 bits per heavy atom. The molecule has 142 valence electrons. The molecule has 1 aromatic carbocycles. The van der Waals surface area contributed by atoms with Crippen molar-refractivity contribution in [2.45, 2.75) is 61.0 Å². The third-order valence-electron chi connectivity index (χ3n) is 5.01. The molecule has 0 saturated heterocycles. The van der Waals surface area contributed by atoms with E-state index in [1.807, 2.05) is 45.9 Å².